The smallest absolute Gasteiger partial charge is 0.238 e. The van der Waals surface area contributed by atoms with Crippen LogP contribution in [0.3, 0.4) is 0 Å². The van der Waals surface area contributed by atoms with Crippen LogP contribution in [0.1, 0.15) is 11.1 Å². The molecule has 0 radical (unpaired) electrons. The van der Waals surface area contributed by atoms with Crippen molar-refractivity contribution in [3.8, 4) is 0 Å². The molecule has 0 bridgehead atoms. The van der Waals surface area contributed by atoms with Crippen molar-refractivity contribution in [2.75, 3.05) is 5.75 Å². The van der Waals surface area contributed by atoms with E-state index in [1.807, 2.05) is 24.3 Å². The van der Waals surface area contributed by atoms with E-state index in [0.29, 0.717) is 13.1 Å². The van der Waals surface area contributed by atoms with Crippen LogP contribution in [0.4, 0.5) is 0 Å². The number of hydrogen-bond acceptors (Lipinski definition) is 3. The van der Waals surface area contributed by atoms with Crippen molar-refractivity contribution < 1.29 is 13.2 Å². The fourth-order valence-electron chi connectivity index (χ4n) is 2.47. The third kappa shape index (κ3) is 2.83. The van der Waals surface area contributed by atoms with E-state index in [-0.39, 0.29) is 10.8 Å². The normalized spacial score (nSPS) is 14.0. The molecule has 5 heteroatoms. The molecule has 0 saturated carbocycles. The topological polar surface area (TPSA) is 54.5 Å². The van der Waals surface area contributed by atoms with E-state index in [4.69, 9.17) is 0 Å². The Morgan fingerprint density at radius 1 is 0.905 bits per heavy atom. The Bertz CT molecular complexity index is 744. The van der Waals surface area contributed by atoms with Crippen LogP contribution in [-0.4, -0.2) is 25.0 Å². The molecule has 108 valence electrons. The van der Waals surface area contributed by atoms with E-state index in [0.717, 1.165) is 11.1 Å². The minimum Gasteiger partial charge on any atom is -0.333 e. The van der Waals surface area contributed by atoms with Gasteiger partial charge in [-0.05, 0) is 23.3 Å². The average Bonchev–Trinajstić information content (AvgIpc) is 2.92. The summed E-state index contributed by atoms with van der Waals surface area (Å²) in [5.74, 6) is -0.833. The van der Waals surface area contributed by atoms with Gasteiger partial charge in [-0.1, -0.05) is 42.5 Å². The highest BCUT2D eigenvalue weighted by atomic mass is 32.2. The van der Waals surface area contributed by atoms with E-state index in [1.54, 1.807) is 23.1 Å². The van der Waals surface area contributed by atoms with E-state index < -0.39 is 15.6 Å². The van der Waals surface area contributed by atoms with Gasteiger partial charge in [-0.15, -0.1) is 0 Å². The summed E-state index contributed by atoms with van der Waals surface area (Å²) in [6.07, 6.45) is 0. The Morgan fingerprint density at radius 3 is 2.00 bits per heavy atom. The highest BCUT2D eigenvalue weighted by Gasteiger charge is 2.27. The maximum absolute atomic E-state index is 12.2. The fourth-order valence-corrected chi connectivity index (χ4v) is 3.72. The molecule has 0 aliphatic carbocycles. The molecule has 1 aliphatic rings. The quantitative estimate of drug-likeness (QED) is 0.871. The Labute approximate surface area is 123 Å². The molecule has 3 rings (SSSR count). The highest BCUT2D eigenvalue weighted by Crippen LogP contribution is 2.23. The van der Waals surface area contributed by atoms with Crippen molar-refractivity contribution >= 4 is 15.7 Å². The average molecular weight is 301 g/mol. The zero-order valence-corrected chi connectivity index (χ0v) is 12.2. The van der Waals surface area contributed by atoms with Gasteiger partial charge in [-0.2, -0.15) is 0 Å². The van der Waals surface area contributed by atoms with Crippen molar-refractivity contribution in [2.45, 2.75) is 18.0 Å². The first kappa shape index (κ1) is 13.8. The van der Waals surface area contributed by atoms with Crippen molar-refractivity contribution in [3.63, 3.8) is 0 Å². The Balaban J connectivity index is 1.74. The minimum absolute atomic E-state index is 0.190. The Hall–Kier alpha value is -2.14. The van der Waals surface area contributed by atoms with E-state index >= 15 is 0 Å². The molecule has 21 heavy (non-hydrogen) atoms. The minimum atomic E-state index is -3.58. The van der Waals surface area contributed by atoms with E-state index in [9.17, 15) is 13.2 Å². The van der Waals surface area contributed by atoms with Gasteiger partial charge in [0.05, 0.1) is 4.90 Å². The first-order chi connectivity index (χ1) is 10.1. The first-order valence-corrected chi connectivity index (χ1v) is 8.34. The molecule has 0 saturated heterocycles. The lowest BCUT2D eigenvalue weighted by atomic mass is 10.1. The molecule has 1 aliphatic heterocycles. The molecular weight excluding hydrogens is 286 g/mol. The predicted octanol–water partition coefficient (Wildman–Crippen LogP) is 2.00. The van der Waals surface area contributed by atoms with Crippen LogP contribution in [-0.2, 0) is 27.7 Å². The number of amides is 1. The van der Waals surface area contributed by atoms with Gasteiger partial charge in [0, 0.05) is 13.1 Å². The van der Waals surface area contributed by atoms with E-state index in [1.165, 1.54) is 12.1 Å². The van der Waals surface area contributed by atoms with Crippen molar-refractivity contribution in [1.29, 1.82) is 0 Å². The summed E-state index contributed by atoms with van der Waals surface area (Å²) >= 11 is 0. The second-order valence-corrected chi connectivity index (χ2v) is 7.08. The van der Waals surface area contributed by atoms with Gasteiger partial charge in [-0.3, -0.25) is 4.79 Å². The lowest BCUT2D eigenvalue weighted by molar-refractivity contribution is -0.129. The summed E-state index contributed by atoms with van der Waals surface area (Å²) < 4.78 is 24.4. The molecule has 0 fully saturated rings. The summed E-state index contributed by atoms with van der Waals surface area (Å²) in [7, 11) is -3.58. The Morgan fingerprint density at radius 2 is 1.43 bits per heavy atom. The standard InChI is InChI=1S/C16H15NO3S/c18-16(12-21(19,20)15-8-2-1-3-9-15)17-10-13-6-4-5-7-14(13)11-17/h1-9H,10-12H2. The molecule has 2 aromatic rings. The third-order valence-corrected chi connectivity index (χ3v) is 5.23. The molecule has 0 N–H and O–H groups in total. The van der Waals surface area contributed by atoms with Crippen LogP contribution < -0.4 is 0 Å². The molecule has 1 heterocycles. The van der Waals surface area contributed by atoms with Crippen molar-refractivity contribution in [1.82, 2.24) is 4.90 Å². The molecular formula is C16H15NO3S. The number of benzene rings is 2. The Kier molecular flexibility index (Phi) is 3.51. The lowest BCUT2D eigenvalue weighted by Crippen LogP contribution is -2.31. The van der Waals surface area contributed by atoms with Crippen molar-refractivity contribution in [3.05, 3.63) is 65.7 Å². The third-order valence-electron chi connectivity index (χ3n) is 3.61. The summed E-state index contributed by atoms with van der Waals surface area (Å²) in [5, 5.41) is 0. The second kappa shape index (κ2) is 5.33. The molecule has 0 aromatic heterocycles. The van der Waals surface area contributed by atoms with Crippen LogP contribution in [0, 0.1) is 0 Å². The zero-order chi connectivity index (χ0) is 14.9. The number of carbonyl (C=O) groups excluding carboxylic acids is 1. The van der Waals surface area contributed by atoms with Gasteiger partial charge in [0.2, 0.25) is 5.91 Å². The van der Waals surface area contributed by atoms with Gasteiger partial charge in [0.25, 0.3) is 0 Å². The van der Waals surface area contributed by atoms with Gasteiger partial charge in [0.15, 0.2) is 9.84 Å². The lowest BCUT2D eigenvalue weighted by Gasteiger charge is -2.15. The van der Waals surface area contributed by atoms with Crippen LogP contribution in [0.2, 0.25) is 0 Å². The van der Waals surface area contributed by atoms with Gasteiger partial charge >= 0.3 is 0 Å². The molecule has 0 atom stereocenters. The molecule has 0 spiro atoms. The first-order valence-electron chi connectivity index (χ1n) is 6.69. The number of fused-ring (bicyclic) bond motifs is 1. The maximum atomic E-state index is 12.2. The summed E-state index contributed by atoms with van der Waals surface area (Å²) in [4.78, 5) is 14.0. The van der Waals surface area contributed by atoms with Crippen LogP contribution in [0.25, 0.3) is 0 Å². The van der Waals surface area contributed by atoms with Gasteiger partial charge in [0.1, 0.15) is 5.75 Å². The highest BCUT2D eigenvalue weighted by molar-refractivity contribution is 7.92. The second-order valence-electron chi connectivity index (χ2n) is 5.09. The van der Waals surface area contributed by atoms with E-state index in [2.05, 4.69) is 0 Å². The van der Waals surface area contributed by atoms with Gasteiger partial charge in [-0.25, -0.2) is 8.42 Å². The van der Waals surface area contributed by atoms with Crippen LogP contribution in [0.5, 0.6) is 0 Å². The van der Waals surface area contributed by atoms with Crippen molar-refractivity contribution in [2.24, 2.45) is 0 Å². The number of sulfone groups is 1. The fraction of sp³-hybridized carbons (Fsp3) is 0.188. The van der Waals surface area contributed by atoms with Crippen LogP contribution >= 0.6 is 0 Å². The molecule has 1 amide bonds. The number of nitrogens with zero attached hydrogens (tertiary/aromatic N) is 1. The molecule has 2 aromatic carbocycles. The number of hydrogen-bond donors (Lipinski definition) is 0. The number of carbonyl (C=O) groups is 1. The monoisotopic (exact) mass is 301 g/mol. The SMILES string of the molecule is O=C(CS(=O)(=O)c1ccccc1)N1Cc2ccccc2C1. The largest absolute Gasteiger partial charge is 0.333 e. The summed E-state index contributed by atoms with van der Waals surface area (Å²) in [6.45, 7) is 0.971. The molecule has 4 nitrogen and oxygen atoms in total. The van der Waals surface area contributed by atoms with Crippen LogP contribution in [0.15, 0.2) is 59.5 Å². The predicted molar refractivity (Wildman–Crippen MR) is 79.2 cm³/mol. The van der Waals surface area contributed by atoms with Gasteiger partial charge < -0.3 is 4.90 Å². The maximum Gasteiger partial charge on any atom is 0.238 e. The summed E-state index contributed by atoms with van der Waals surface area (Å²) in [6, 6.07) is 15.9. The zero-order valence-electron chi connectivity index (χ0n) is 11.4. The summed E-state index contributed by atoms with van der Waals surface area (Å²) in [5.41, 5.74) is 2.17. The molecule has 0 unspecified atom stereocenters. The number of rotatable bonds is 3.